The van der Waals surface area contributed by atoms with Gasteiger partial charge >= 0.3 is 23.9 Å². The molecule has 0 aliphatic heterocycles. The number of benzene rings is 1. The maximum absolute atomic E-state index is 13.0. The Hall–Kier alpha value is -2.90. The lowest BCUT2D eigenvalue weighted by Gasteiger charge is -2.25. The van der Waals surface area contributed by atoms with E-state index in [4.69, 9.17) is 18.9 Å². The molecule has 0 fully saturated rings. The van der Waals surface area contributed by atoms with E-state index in [9.17, 15) is 19.2 Å². The van der Waals surface area contributed by atoms with Gasteiger partial charge in [-0.25, -0.2) is 19.2 Å². The minimum absolute atomic E-state index is 0.225. The molecule has 0 unspecified atom stereocenters. The molecule has 8 heteroatoms. The highest BCUT2D eigenvalue weighted by Gasteiger charge is 2.33. The lowest BCUT2D eigenvalue weighted by molar-refractivity contribution is 0.000294. The Morgan fingerprint density at radius 2 is 0.559 bits per heavy atom. The van der Waals surface area contributed by atoms with Gasteiger partial charge in [-0.1, -0.05) is 0 Å². The number of hydrogen-bond acceptors (Lipinski definition) is 8. The average molecular weight is 479 g/mol. The molecule has 0 amide bonds. The van der Waals surface area contributed by atoms with Crippen LogP contribution in [0.3, 0.4) is 0 Å². The van der Waals surface area contributed by atoms with Gasteiger partial charge in [-0.2, -0.15) is 0 Å². The Bertz CT molecular complexity index is 806. The van der Waals surface area contributed by atoms with Crippen LogP contribution in [0, 0.1) is 0 Å². The van der Waals surface area contributed by atoms with E-state index in [2.05, 4.69) is 0 Å². The normalized spacial score (nSPS) is 12.6. The summed E-state index contributed by atoms with van der Waals surface area (Å²) >= 11 is 0. The van der Waals surface area contributed by atoms with Crippen LogP contribution in [0.2, 0.25) is 0 Å². The van der Waals surface area contributed by atoms with E-state index in [0.717, 1.165) is 12.1 Å². The van der Waals surface area contributed by atoms with Gasteiger partial charge < -0.3 is 18.9 Å². The van der Waals surface area contributed by atoms with Crippen molar-refractivity contribution >= 4 is 23.9 Å². The first-order chi connectivity index (χ1) is 15.0. The van der Waals surface area contributed by atoms with E-state index >= 15 is 0 Å². The number of hydrogen-bond donors (Lipinski definition) is 0. The zero-order valence-electron chi connectivity index (χ0n) is 22.4. The summed E-state index contributed by atoms with van der Waals surface area (Å²) in [7, 11) is 0. The van der Waals surface area contributed by atoms with Crippen LogP contribution in [0.4, 0.5) is 0 Å². The maximum Gasteiger partial charge on any atom is 0.339 e. The predicted octanol–water partition coefficient (Wildman–Crippen LogP) is 5.51. The van der Waals surface area contributed by atoms with Crippen molar-refractivity contribution in [2.45, 2.75) is 105 Å². The molecule has 0 aliphatic rings. The molecule has 0 N–H and O–H groups in total. The van der Waals surface area contributed by atoms with Gasteiger partial charge in [0, 0.05) is 0 Å². The van der Waals surface area contributed by atoms with Crippen molar-refractivity contribution in [3.63, 3.8) is 0 Å². The smallest absolute Gasteiger partial charge is 0.339 e. The van der Waals surface area contributed by atoms with Gasteiger partial charge in [0.15, 0.2) is 0 Å². The van der Waals surface area contributed by atoms with Crippen molar-refractivity contribution in [1.29, 1.82) is 0 Å². The summed E-state index contributed by atoms with van der Waals surface area (Å²) in [6.45, 7) is 20.0. The Balaban J connectivity index is 3.87. The summed E-state index contributed by atoms with van der Waals surface area (Å²) in [5.41, 5.74) is -4.41. The molecule has 0 heterocycles. The van der Waals surface area contributed by atoms with E-state index in [1.54, 1.807) is 83.1 Å². The van der Waals surface area contributed by atoms with Gasteiger partial charge in [0.2, 0.25) is 0 Å². The fourth-order valence-electron chi connectivity index (χ4n) is 2.61. The highest BCUT2D eigenvalue weighted by atomic mass is 16.6. The van der Waals surface area contributed by atoms with Crippen molar-refractivity contribution in [3.05, 3.63) is 34.4 Å². The molecule has 1 rings (SSSR count). The Morgan fingerprint density at radius 1 is 0.412 bits per heavy atom. The third kappa shape index (κ3) is 9.53. The third-order valence-electron chi connectivity index (χ3n) is 3.63. The summed E-state index contributed by atoms with van der Waals surface area (Å²) < 4.78 is 21.8. The second kappa shape index (κ2) is 9.76. The minimum atomic E-state index is -0.877. The SMILES string of the molecule is CC(C)(C)OC(=O)c1cc(C(=O)OC(C)(C)C)c(C(=O)OC(C)(C)C)cc1C(=O)OC(C)(C)C. The zero-order chi connectivity index (χ0) is 26.9. The Labute approximate surface area is 202 Å². The summed E-state index contributed by atoms with van der Waals surface area (Å²) in [4.78, 5) is 52.1. The maximum atomic E-state index is 13.0. The molecule has 0 aliphatic carbocycles. The highest BCUT2D eigenvalue weighted by molar-refractivity contribution is 6.10. The molecule has 1 aromatic carbocycles. The first kappa shape index (κ1) is 29.1. The van der Waals surface area contributed by atoms with Gasteiger partial charge in [-0.15, -0.1) is 0 Å². The highest BCUT2D eigenvalue weighted by Crippen LogP contribution is 2.27. The van der Waals surface area contributed by atoms with E-state index in [1.165, 1.54) is 0 Å². The fourth-order valence-corrected chi connectivity index (χ4v) is 2.61. The molecule has 190 valence electrons. The molecule has 0 saturated heterocycles. The first-order valence-electron chi connectivity index (χ1n) is 11.1. The Morgan fingerprint density at radius 3 is 0.676 bits per heavy atom. The van der Waals surface area contributed by atoms with E-state index in [0.29, 0.717) is 0 Å². The van der Waals surface area contributed by atoms with Crippen molar-refractivity contribution in [2.75, 3.05) is 0 Å². The molecule has 0 spiro atoms. The second-order valence-corrected chi connectivity index (χ2v) is 12.0. The average Bonchev–Trinajstić information content (AvgIpc) is 2.54. The number of carbonyl (C=O) groups excluding carboxylic acids is 4. The third-order valence-corrected chi connectivity index (χ3v) is 3.63. The van der Waals surface area contributed by atoms with Crippen molar-refractivity contribution in [3.8, 4) is 0 Å². The molecule has 0 atom stereocenters. The van der Waals surface area contributed by atoms with Crippen LogP contribution in [-0.2, 0) is 18.9 Å². The lowest BCUT2D eigenvalue weighted by atomic mass is 9.97. The number of rotatable bonds is 4. The lowest BCUT2D eigenvalue weighted by Crippen LogP contribution is -2.31. The van der Waals surface area contributed by atoms with Crippen LogP contribution in [-0.4, -0.2) is 46.3 Å². The number of esters is 4. The molecule has 1 aromatic rings. The Kier molecular flexibility index (Phi) is 8.36. The molecule has 34 heavy (non-hydrogen) atoms. The van der Waals surface area contributed by atoms with Crippen LogP contribution in [0.1, 0.15) is 125 Å². The second-order valence-electron chi connectivity index (χ2n) is 12.0. The summed E-state index contributed by atoms with van der Waals surface area (Å²) in [5.74, 6) is -3.41. The van der Waals surface area contributed by atoms with Crippen LogP contribution >= 0.6 is 0 Å². The number of ether oxygens (including phenoxy) is 4. The molecule has 0 radical (unpaired) electrons. The van der Waals surface area contributed by atoms with E-state index in [1.807, 2.05) is 0 Å². The van der Waals surface area contributed by atoms with Gasteiger partial charge in [-0.05, 0) is 95.2 Å². The largest absolute Gasteiger partial charge is 0.456 e. The molecule has 0 aromatic heterocycles. The first-order valence-corrected chi connectivity index (χ1v) is 11.1. The quantitative estimate of drug-likeness (QED) is 0.412. The summed E-state index contributed by atoms with van der Waals surface area (Å²) in [6, 6.07) is 2.25. The molecule has 0 bridgehead atoms. The van der Waals surface area contributed by atoms with Gasteiger partial charge in [-0.3, -0.25) is 0 Å². The van der Waals surface area contributed by atoms with E-state index in [-0.39, 0.29) is 22.3 Å². The summed E-state index contributed by atoms with van der Waals surface area (Å²) in [5, 5.41) is 0. The summed E-state index contributed by atoms with van der Waals surface area (Å²) in [6.07, 6.45) is 0. The van der Waals surface area contributed by atoms with Crippen molar-refractivity contribution < 1.29 is 38.1 Å². The monoisotopic (exact) mass is 478 g/mol. The fraction of sp³-hybridized carbons (Fsp3) is 0.615. The molecule has 0 saturated carbocycles. The predicted molar refractivity (Wildman–Crippen MR) is 127 cm³/mol. The van der Waals surface area contributed by atoms with Gasteiger partial charge in [0.05, 0.1) is 22.3 Å². The van der Waals surface area contributed by atoms with E-state index < -0.39 is 46.3 Å². The number of carbonyl (C=O) groups is 4. The minimum Gasteiger partial charge on any atom is -0.456 e. The van der Waals surface area contributed by atoms with Gasteiger partial charge in [0.1, 0.15) is 22.4 Å². The molecular formula is C26H38O8. The standard InChI is InChI=1S/C26H38O8/c1-23(2,3)31-19(27)15-13-17(21(29)33-25(7,8)9)18(22(30)34-26(10,11)12)14-16(15)20(28)32-24(4,5)6/h13-14H,1-12H3. The van der Waals surface area contributed by atoms with Crippen LogP contribution < -0.4 is 0 Å². The molecular weight excluding hydrogens is 440 g/mol. The van der Waals surface area contributed by atoms with Crippen LogP contribution in [0.15, 0.2) is 12.1 Å². The molecule has 8 nitrogen and oxygen atoms in total. The topological polar surface area (TPSA) is 105 Å². The van der Waals surface area contributed by atoms with Crippen molar-refractivity contribution in [2.24, 2.45) is 0 Å². The van der Waals surface area contributed by atoms with Gasteiger partial charge in [0.25, 0.3) is 0 Å². The van der Waals surface area contributed by atoms with Crippen LogP contribution in [0.5, 0.6) is 0 Å². The zero-order valence-corrected chi connectivity index (χ0v) is 22.4. The van der Waals surface area contributed by atoms with Crippen LogP contribution in [0.25, 0.3) is 0 Å². The van der Waals surface area contributed by atoms with Crippen molar-refractivity contribution in [1.82, 2.24) is 0 Å².